The van der Waals surface area contributed by atoms with Crippen molar-refractivity contribution in [2.45, 2.75) is 6.54 Å². The normalized spacial score (nSPS) is 10.3. The smallest absolute Gasteiger partial charge is 0.272 e. The molecule has 5 nitrogen and oxygen atoms in total. The number of rotatable bonds is 6. The third-order valence-electron chi connectivity index (χ3n) is 3.44. The summed E-state index contributed by atoms with van der Waals surface area (Å²) in [6.45, 7) is 1.88. The molecule has 2 rings (SSSR count). The molecule has 0 saturated heterocycles. The van der Waals surface area contributed by atoms with E-state index in [4.69, 9.17) is 5.26 Å². The monoisotopic (exact) mass is 308 g/mol. The molecule has 1 heterocycles. The Kier molecular flexibility index (Phi) is 5.84. The first-order valence-electron chi connectivity index (χ1n) is 7.44. The van der Waals surface area contributed by atoms with Crippen molar-refractivity contribution >= 4 is 5.91 Å². The maximum atomic E-state index is 12.7. The van der Waals surface area contributed by atoms with Crippen LogP contribution in [-0.4, -0.2) is 47.9 Å². The summed E-state index contributed by atoms with van der Waals surface area (Å²) in [4.78, 5) is 20.6. The van der Waals surface area contributed by atoms with E-state index in [9.17, 15) is 4.79 Å². The molecule has 0 fully saturated rings. The summed E-state index contributed by atoms with van der Waals surface area (Å²) in [6.07, 6.45) is 1.62. The highest BCUT2D eigenvalue weighted by Crippen LogP contribution is 2.10. The van der Waals surface area contributed by atoms with Crippen LogP contribution in [0.4, 0.5) is 0 Å². The van der Waals surface area contributed by atoms with Crippen molar-refractivity contribution in [3.05, 3.63) is 65.5 Å². The predicted octanol–water partition coefficient (Wildman–Crippen LogP) is 2.16. The predicted molar refractivity (Wildman–Crippen MR) is 88.7 cm³/mol. The highest BCUT2D eigenvalue weighted by atomic mass is 16.2. The van der Waals surface area contributed by atoms with E-state index in [0.29, 0.717) is 24.3 Å². The number of aromatic nitrogens is 1. The van der Waals surface area contributed by atoms with Crippen LogP contribution in [0.3, 0.4) is 0 Å². The number of carbonyl (C=O) groups is 1. The minimum atomic E-state index is -0.0863. The van der Waals surface area contributed by atoms with Gasteiger partial charge in [-0.2, -0.15) is 5.26 Å². The number of hydrogen-bond acceptors (Lipinski definition) is 4. The Balaban J connectivity index is 2.16. The van der Waals surface area contributed by atoms with Crippen molar-refractivity contribution in [2.24, 2.45) is 0 Å². The average Bonchev–Trinajstić information content (AvgIpc) is 2.59. The van der Waals surface area contributed by atoms with Crippen molar-refractivity contribution in [1.29, 1.82) is 5.26 Å². The zero-order valence-corrected chi connectivity index (χ0v) is 13.4. The van der Waals surface area contributed by atoms with Gasteiger partial charge in [0.05, 0.1) is 11.6 Å². The van der Waals surface area contributed by atoms with Crippen LogP contribution in [0.15, 0.2) is 48.7 Å². The molecule has 2 aromatic rings. The van der Waals surface area contributed by atoms with Crippen molar-refractivity contribution in [3.63, 3.8) is 0 Å². The van der Waals surface area contributed by atoms with Gasteiger partial charge < -0.3 is 9.80 Å². The zero-order valence-electron chi connectivity index (χ0n) is 13.4. The third-order valence-corrected chi connectivity index (χ3v) is 3.44. The number of nitrogens with zero attached hydrogens (tertiary/aromatic N) is 4. The molecule has 0 unspecified atom stereocenters. The summed E-state index contributed by atoms with van der Waals surface area (Å²) in [5, 5.41) is 8.86. The molecule has 0 spiro atoms. The Morgan fingerprint density at radius 3 is 2.43 bits per heavy atom. The minimum absolute atomic E-state index is 0.0863. The molecule has 1 aromatic carbocycles. The number of benzene rings is 1. The fourth-order valence-electron chi connectivity index (χ4n) is 2.13. The van der Waals surface area contributed by atoms with Gasteiger partial charge in [0.2, 0.25) is 0 Å². The van der Waals surface area contributed by atoms with Gasteiger partial charge >= 0.3 is 0 Å². The lowest BCUT2D eigenvalue weighted by atomic mass is 10.1. The molecule has 0 saturated carbocycles. The lowest BCUT2D eigenvalue weighted by molar-refractivity contribution is 0.0726. The van der Waals surface area contributed by atoms with E-state index in [2.05, 4.69) is 11.1 Å². The Hall–Kier alpha value is -2.71. The maximum Gasteiger partial charge on any atom is 0.272 e. The quantitative estimate of drug-likeness (QED) is 0.820. The van der Waals surface area contributed by atoms with Gasteiger partial charge in [0.25, 0.3) is 5.91 Å². The summed E-state index contributed by atoms with van der Waals surface area (Å²) in [6, 6.07) is 14.7. The third kappa shape index (κ3) is 4.90. The Morgan fingerprint density at radius 1 is 1.13 bits per heavy atom. The first-order chi connectivity index (χ1) is 11.1. The van der Waals surface area contributed by atoms with Crippen LogP contribution in [0.25, 0.3) is 0 Å². The summed E-state index contributed by atoms with van der Waals surface area (Å²) >= 11 is 0. The summed E-state index contributed by atoms with van der Waals surface area (Å²) in [7, 11) is 3.95. The molecule has 1 amide bonds. The number of carbonyl (C=O) groups excluding carboxylic acids is 1. The fraction of sp³-hybridized carbons (Fsp3) is 0.278. The molecule has 0 atom stereocenters. The van der Waals surface area contributed by atoms with Gasteiger partial charge in [-0.15, -0.1) is 0 Å². The van der Waals surface area contributed by atoms with Crippen LogP contribution in [0.2, 0.25) is 0 Å². The summed E-state index contributed by atoms with van der Waals surface area (Å²) in [5.41, 5.74) is 2.05. The number of nitriles is 1. The average molecular weight is 308 g/mol. The second-order valence-electron chi connectivity index (χ2n) is 5.55. The van der Waals surface area contributed by atoms with E-state index >= 15 is 0 Å². The largest absolute Gasteiger partial charge is 0.332 e. The van der Waals surface area contributed by atoms with Crippen molar-refractivity contribution in [3.8, 4) is 6.07 Å². The van der Waals surface area contributed by atoms with E-state index in [-0.39, 0.29) is 5.91 Å². The Morgan fingerprint density at radius 2 is 1.87 bits per heavy atom. The molecule has 118 valence electrons. The second kappa shape index (κ2) is 8.06. The molecule has 0 radical (unpaired) electrons. The molecule has 0 aliphatic heterocycles. The van der Waals surface area contributed by atoms with Gasteiger partial charge in [-0.25, -0.2) is 0 Å². The highest BCUT2D eigenvalue weighted by Gasteiger charge is 2.17. The first kappa shape index (κ1) is 16.7. The molecular formula is C18H20N4O. The van der Waals surface area contributed by atoms with Gasteiger partial charge in [-0.1, -0.05) is 18.2 Å². The van der Waals surface area contributed by atoms with E-state index in [1.54, 1.807) is 35.4 Å². The molecular weight excluding hydrogens is 288 g/mol. The van der Waals surface area contributed by atoms with Gasteiger partial charge in [-0.3, -0.25) is 9.78 Å². The lowest BCUT2D eigenvalue weighted by Gasteiger charge is -2.24. The van der Waals surface area contributed by atoms with Crippen molar-refractivity contribution < 1.29 is 4.79 Å². The van der Waals surface area contributed by atoms with Gasteiger partial charge in [0.1, 0.15) is 5.69 Å². The Bertz CT molecular complexity index is 674. The number of pyridine rings is 1. The van der Waals surface area contributed by atoms with E-state index in [0.717, 1.165) is 12.1 Å². The van der Waals surface area contributed by atoms with Gasteiger partial charge in [0, 0.05) is 25.8 Å². The highest BCUT2D eigenvalue weighted by molar-refractivity contribution is 5.92. The molecule has 0 bridgehead atoms. The van der Waals surface area contributed by atoms with Crippen LogP contribution < -0.4 is 0 Å². The van der Waals surface area contributed by atoms with Crippen LogP contribution in [0.1, 0.15) is 21.6 Å². The van der Waals surface area contributed by atoms with Crippen molar-refractivity contribution in [1.82, 2.24) is 14.8 Å². The SMILES string of the molecule is CN(C)CCN(Cc1ccc(C#N)cc1)C(=O)c1ccccn1. The number of likely N-dealkylation sites (N-methyl/N-ethyl adjacent to an activating group) is 1. The van der Waals surface area contributed by atoms with E-state index in [1.807, 2.05) is 37.2 Å². The minimum Gasteiger partial charge on any atom is -0.332 e. The standard InChI is InChI=1S/C18H20N4O/c1-21(2)11-12-22(18(23)17-5-3-4-10-20-17)14-16-8-6-15(13-19)7-9-16/h3-10H,11-12,14H2,1-2H3. The van der Waals surface area contributed by atoms with Gasteiger partial charge in [0.15, 0.2) is 0 Å². The molecule has 0 aliphatic carbocycles. The van der Waals surface area contributed by atoms with Gasteiger partial charge in [-0.05, 0) is 43.9 Å². The van der Waals surface area contributed by atoms with Crippen LogP contribution in [0, 0.1) is 11.3 Å². The fourth-order valence-corrected chi connectivity index (χ4v) is 2.13. The summed E-state index contributed by atoms with van der Waals surface area (Å²) < 4.78 is 0. The molecule has 0 N–H and O–H groups in total. The van der Waals surface area contributed by atoms with Crippen LogP contribution in [-0.2, 0) is 6.54 Å². The summed E-state index contributed by atoms with van der Waals surface area (Å²) in [5.74, 6) is -0.0863. The molecule has 0 aliphatic rings. The molecule has 5 heteroatoms. The maximum absolute atomic E-state index is 12.7. The first-order valence-corrected chi connectivity index (χ1v) is 7.44. The molecule has 1 aromatic heterocycles. The topological polar surface area (TPSA) is 60.2 Å². The van der Waals surface area contributed by atoms with Crippen LogP contribution >= 0.6 is 0 Å². The lowest BCUT2D eigenvalue weighted by Crippen LogP contribution is -2.36. The number of hydrogen-bond donors (Lipinski definition) is 0. The Labute approximate surface area is 136 Å². The second-order valence-corrected chi connectivity index (χ2v) is 5.55. The van der Waals surface area contributed by atoms with E-state index < -0.39 is 0 Å². The molecule has 23 heavy (non-hydrogen) atoms. The van der Waals surface area contributed by atoms with Crippen molar-refractivity contribution in [2.75, 3.05) is 27.2 Å². The van der Waals surface area contributed by atoms with Crippen LogP contribution in [0.5, 0.6) is 0 Å². The number of amides is 1. The van der Waals surface area contributed by atoms with E-state index in [1.165, 1.54) is 0 Å². The zero-order chi connectivity index (χ0) is 16.7.